The average Bonchev–Trinajstić information content (AvgIpc) is 2.77. The van der Waals surface area contributed by atoms with E-state index in [1.54, 1.807) is 0 Å². The van der Waals surface area contributed by atoms with Gasteiger partial charge in [0.25, 0.3) is 11.9 Å². The van der Waals surface area contributed by atoms with Crippen LogP contribution in [0, 0.1) is 0 Å². The van der Waals surface area contributed by atoms with Crippen molar-refractivity contribution in [1.29, 1.82) is 0 Å². The molecule has 0 saturated carbocycles. The summed E-state index contributed by atoms with van der Waals surface area (Å²) in [7, 11) is -7.02. The van der Waals surface area contributed by atoms with Crippen molar-refractivity contribution in [2.75, 3.05) is 26.2 Å². The molecule has 0 aliphatic carbocycles. The second-order valence-corrected chi connectivity index (χ2v) is 8.70. The molecule has 214 valence electrons. The van der Waals surface area contributed by atoms with Gasteiger partial charge in [-0.3, -0.25) is 0 Å². The molecule has 35 heavy (non-hydrogen) atoms. The minimum atomic E-state index is -7.48. The number of quaternary nitrogens is 1. The Morgan fingerprint density at radius 2 is 1.00 bits per heavy atom. The van der Waals surface area contributed by atoms with Crippen molar-refractivity contribution in [3.8, 4) is 0 Å². The Hall–Kier alpha value is -1.04. The Kier molecular flexibility index (Phi) is 13.4. The average molecular weight is 571 g/mol. The van der Waals surface area contributed by atoms with Crippen molar-refractivity contribution in [2.24, 2.45) is 0 Å². The highest BCUT2D eigenvalue weighted by atomic mass is 32.2. The standard InChI is InChI=1S/C9H7F13O3S.C8H20N/c10-1(3(12)5(14)15)2(11)4(13)7(17,18)9(21,22)8(19,20)6(16)26(23,24)25;1-5-9(6-2,7-3)8-4/h1-6H,(H,23,24,25);5-8H2,1-4H3/q;+1/p-1. The highest BCUT2D eigenvalue weighted by molar-refractivity contribution is 7.86. The zero-order valence-electron chi connectivity index (χ0n) is 18.8. The number of halogens is 13. The van der Waals surface area contributed by atoms with E-state index < -0.39 is 64.5 Å². The predicted molar refractivity (Wildman–Crippen MR) is 97.4 cm³/mol. The number of alkyl halides is 13. The molecule has 0 spiro atoms. The van der Waals surface area contributed by atoms with Crippen LogP contribution in [-0.2, 0) is 10.1 Å². The van der Waals surface area contributed by atoms with Crippen molar-refractivity contribution in [1.82, 2.24) is 0 Å². The topological polar surface area (TPSA) is 57.2 Å². The van der Waals surface area contributed by atoms with Gasteiger partial charge < -0.3 is 9.04 Å². The monoisotopic (exact) mass is 571 g/mol. The first-order valence-corrected chi connectivity index (χ1v) is 11.4. The molecule has 4 nitrogen and oxygen atoms in total. The summed E-state index contributed by atoms with van der Waals surface area (Å²) in [6.45, 7) is 14.2. The summed E-state index contributed by atoms with van der Waals surface area (Å²) in [6, 6.07) is 0. The van der Waals surface area contributed by atoms with E-state index in [9.17, 15) is 70.0 Å². The van der Waals surface area contributed by atoms with Gasteiger partial charge >= 0.3 is 17.8 Å². The first-order chi connectivity index (χ1) is 15.5. The summed E-state index contributed by atoms with van der Waals surface area (Å²) in [6.07, 6.45) is -23.7. The van der Waals surface area contributed by atoms with Crippen molar-refractivity contribution in [2.45, 2.75) is 82.1 Å². The minimum absolute atomic E-state index is 1.28. The van der Waals surface area contributed by atoms with Gasteiger partial charge in [0.1, 0.15) is 10.1 Å². The third-order valence-electron chi connectivity index (χ3n) is 5.53. The maximum Gasteiger partial charge on any atom is 0.379 e. The maximum atomic E-state index is 13.1. The summed E-state index contributed by atoms with van der Waals surface area (Å²) in [4.78, 5) is 0. The Labute approximate surface area is 193 Å². The highest BCUT2D eigenvalue weighted by Crippen LogP contribution is 2.52. The van der Waals surface area contributed by atoms with Crippen LogP contribution in [0.1, 0.15) is 27.7 Å². The van der Waals surface area contributed by atoms with Crippen LogP contribution in [0.2, 0.25) is 0 Å². The Bertz CT molecular complexity index is 717. The van der Waals surface area contributed by atoms with Crippen LogP contribution in [0.4, 0.5) is 57.1 Å². The molecule has 0 aromatic carbocycles. The predicted octanol–water partition coefficient (Wildman–Crippen LogP) is 5.23. The lowest BCUT2D eigenvalue weighted by Gasteiger charge is -2.37. The van der Waals surface area contributed by atoms with Crippen LogP contribution in [-0.4, -0.2) is 98.0 Å². The first-order valence-electron chi connectivity index (χ1n) is 9.90. The number of rotatable bonds is 13. The van der Waals surface area contributed by atoms with Gasteiger partial charge in [-0.2, -0.15) is 26.3 Å². The van der Waals surface area contributed by atoms with Gasteiger partial charge in [-0.25, -0.2) is 39.2 Å². The fraction of sp³-hybridized carbons (Fsp3) is 1.00. The first kappa shape index (κ1) is 36.1. The molecule has 0 N–H and O–H groups in total. The lowest BCUT2D eigenvalue weighted by molar-refractivity contribution is -0.921. The van der Waals surface area contributed by atoms with E-state index in [0.29, 0.717) is 0 Å². The molecule has 18 heteroatoms. The van der Waals surface area contributed by atoms with Crippen LogP contribution < -0.4 is 0 Å². The second-order valence-electron chi connectivity index (χ2n) is 7.31. The Morgan fingerprint density at radius 1 is 0.657 bits per heavy atom. The SMILES string of the molecule is CC[N+](CC)(CC)CC.O=S(=O)([O-])C(F)C(F)(F)C(F)(F)C(F)(F)C(F)C(F)C(F)C(F)C(F)F. The lowest BCUT2D eigenvalue weighted by Crippen LogP contribution is -2.65. The Balaban J connectivity index is 0. The van der Waals surface area contributed by atoms with E-state index in [2.05, 4.69) is 27.7 Å². The largest absolute Gasteiger partial charge is 0.746 e. The normalized spacial score (nSPS) is 18.4. The lowest BCUT2D eigenvalue weighted by atomic mass is 9.95. The van der Waals surface area contributed by atoms with Gasteiger partial charge in [-0.1, -0.05) is 0 Å². The smallest absolute Gasteiger partial charge is 0.379 e. The van der Waals surface area contributed by atoms with Crippen LogP contribution in [0.25, 0.3) is 0 Å². The van der Waals surface area contributed by atoms with Gasteiger partial charge in [0.05, 0.1) is 26.2 Å². The molecule has 0 rings (SSSR count). The molecule has 0 aromatic rings. The molecule has 0 bridgehead atoms. The van der Waals surface area contributed by atoms with Crippen LogP contribution in [0.3, 0.4) is 0 Å². The number of hydrogen-bond acceptors (Lipinski definition) is 3. The van der Waals surface area contributed by atoms with Crippen molar-refractivity contribution in [3.63, 3.8) is 0 Å². The molecule has 5 atom stereocenters. The molecule has 0 amide bonds. The summed E-state index contributed by atoms with van der Waals surface area (Å²) < 4.78 is 197. The summed E-state index contributed by atoms with van der Waals surface area (Å²) in [5, 5.41) is 0. The van der Waals surface area contributed by atoms with Crippen molar-refractivity contribution >= 4 is 10.1 Å². The van der Waals surface area contributed by atoms with Gasteiger partial charge in [0, 0.05) is 0 Å². The minimum Gasteiger partial charge on any atom is -0.746 e. The van der Waals surface area contributed by atoms with E-state index in [0.717, 1.165) is 0 Å². The van der Waals surface area contributed by atoms with E-state index in [1.165, 1.54) is 30.7 Å². The molecule has 0 fully saturated rings. The van der Waals surface area contributed by atoms with Gasteiger partial charge in [0.15, 0.2) is 18.5 Å². The Morgan fingerprint density at radius 3 is 1.23 bits per heavy atom. The summed E-state index contributed by atoms with van der Waals surface area (Å²) in [5.41, 5.74) is -5.57. The molecular weight excluding hydrogens is 545 g/mol. The fourth-order valence-electron chi connectivity index (χ4n) is 2.74. The molecule has 0 saturated heterocycles. The quantitative estimate of drug-likeness (QED) is 0.173. The van der Waals surface area contributed by atoms with E-state index in [1.807, 2.05) is 0 Å². The zero-order valence-corrected chi connectivity index (χ0v) is 19.6. The van der Waals surface area contributed by atoms with Crippen molar-refractivity contribution in [3.05, 3.63) is 0 Å². The van der Waals surface area contributed by atoms with Gasteiger partial charge in [0.2, 0.25) is 6.17 Å². The molecule has 0 heterocycles. The van der Waals surface area contributed by atoms with Crippen LogP contribution >= 0.6 is 0 Å². The number of hydrogen-bond donors (Lipinski definition) is 0. The highest BCUT2D eigenvalue weighted by Gasteiger charge is 2.79. The van der Waals surface area contributed by atoms with Gasteiger partial charge in [-0.05, 0) is 27.7 Å². The molecule has 0 radical (unpaired) electrons. The van der Waals surface area contributed by atoms with Crippen LogP contribution in [0.15, 0.2) is 0 Å². The molecule has 0 aromatic heterocycles. The molecule has 5 unspecified atom stereocenters. The van der Waals surface area contributed by atoms with Crippen molar-refractivity contribution < 1.29 is 74.5 Å². The number of nitrogens with zero attached hydrogens (tertiary/aromatic N) is 1. The zero-order chi connectivity index (χ0) is 28.8. The molecule has 0 aliphatic rings. The third kappa shape index (κ3) is 7.97. The summed E-state index contributed by atoms with van der Waals surface area (Å²) >= 11 is 0. The third-order valence-corrected chi connectivity index (χ3v) is 6.34. The van der Waals surface area contributed by atoms with E-state index >= 15 is 0 Å². The molecule has 0 aliphatic heterocycles. The van der Waals surface area contributed by atoms with Gasteiger partial charge in [-0.15, -0.1) is 0 Å². The van der Waals surface area contributed by atoms with E-state index in [-0.39, 0.29) is 0 Å². The summed E-state index contributed by atoms with van der Waals surface area (Å²) in [5.74, 6) is -21.8. The molecular formula is C17H26F13NO3S. The van der Waals surface area contributed by atoms with Crippen LogP contribution in [0.5, 0.6) is 0 Å². The fourth-order valence-corrected chi connectivity index (χ4v) is 3.25. The van der Waals surface area contributed by atoms with E-state index in [4.69, 9.17) is 0 Å². The second kappa shape index (κ2) is 13.0. The maximum absolute atomic E-state index is 13.1.